The van der Waals surface area contributed by atoms with Gasteiger partial charge >= 0.3 is 0 Å². The van der Waals surface area contributed by atoms with Crippen LogP contribution in [0.2, 0.25) is 5.02 Å². The maximum absolute atomic E-state index is 12.8. The summed E-state index contributed by atoms with van der Waals surface area (Å²) in [4.78, 5) is 27.0. The lowest BCUT2D eigenvalue weighted by atomic mass is 10.00. The van der Waals surface area contributed by atoms with Gasteiger partial charge in [-0.15, -0.1) is 0 Å². The molecule has 0 amide bonds. The Morgan fingerprint density at radius 1 is 1.22 bits per heavy atom. The number of nitrogens with one attached hydrogen (secondary N) is 1. The number of aryl methyl sites for hydroxylation is 1. The first kappa shape index (κ1) is 18.1. The van der Waals surface area contributed by atoms with Crippen molar-refractivity contribution in [2.45, 2.75) is 26.7 Å². The Morgan fingerprint density at radius 2 is 1.93 bits per heavy atom. The van der Waals surface area contributed by atoms with Crippen LogP contribution in [0.15, 0.2) is 29.1 Å². The van der Waals surface area contributed by atoms with E-state index in [0.29, 0.717) is 44.1 Å². The molecule has 1 aliphatic heterocycles. The van der Waals surface area contributed by atoms with Crippen molar-refractivity contribution in [3.63, 3.8) is 0 Å². The highest BCUT2D eigenvalue weighted by Crippen LogP contribution is 2.24. The van der Waals surface area contributed by atoms with E-state index < -0.39 is 0 Å². The van der Waals surface area contributed by atoms with E-state index in [9.17, 15) is 4.79 Å². The van der Waals surface area contributed by atoms with E-state index in [-0.39, 0.29) is 5.56 Å². The molecule has 0 saturated carbocycles. The largest absolute Gasteiger partial charge is 0.342 e. The summed E-state index contributed by atoms with van der Waals surface area (Å²) in [6.45, 7) is 5.84. The molecule has 4 rings (SSSR count). The van der Waals surface area contributed by atoms with Gasteiger partial charge in [0.2, 0.25) is 5.95 Å². The van der Waals surface area contributed by atoms with Crippen LogP contribution in [0.4, 0.5) is 5.95 Å². The molecule has 0 aliphatic carbocycles. The number of hydrogen-bond donors (Lipinski definition) is 1. The third kappa shape index (κ3) is 3.26. The van der Waals surface area contributed by atoms with E-state index in [1.165, 1.54) is 0 Å². The van der Waals surface area contributed by atoms with Crippen molar-refractivity contribution in [1.82, 2.24) is 19.5 Å². The molecule has 3 heterocycles. The van der Waals surface area contributed by atoms with Crippen LogP contribution in [0.5, 0.6) is 0 Å². The third-order valence-electron chi connectivity index (χ3n) is 5.07. The molecule has 6 nitrogen and oxygen atoms in total. The number of nitrogens with zero attached hydrogens (tertiary/aromatic N) is 4. The number of para-hydroxylation sites is 1. The molecule has 0 bridgehead atoms. The Labute approximate surface area is 166 Å². The van der Waals surface area contributed by atoms with E-state index in [0.717, 1.165) is 25.9 Å². The van der Waals surface area contributed by atoms with E-state index in [4.69, 9.17) is 23.8 Å². The molecule has 1 N–H and O–H groups in total. The number of rotatable bonds is 2. The third-order valence-corrected chi connectivity index (χ3v) is 5.78. The number of halogens is 1. The molecule has 1 saturated heterocycles. The van der Waals surface area contributed by atoms with Crippen LogP contribution >= 0.6 is 23.8 Å². The second-order valence-electron chi connectivity index (χ2n) is 7.01. The number of aromatic nitrogens is 4. The molecule has 0 unspecified atom stereocenters. The van der Waals surface area contributed by atoms with Gasteiger partial charge in [-0.1, -0.05) is 42.9 Å². The maximum Gasteiger partial charge on any atom is 0.264 e. The summed E-state index contributed by atoms with van der Waals surface area (Å²) < 4.78 is 2.08. The lowest BCUT2D eigenvalue weighted by molar-refractivity contribution is 0.434. The first-order valence-corrected chi connectivity index (χ1v) is 9.78. The minimum Gasteiger partial charge on any atom is -0.342 e. The number of aromatic amines is 1. The van der Waals surface area contributed by atoms with Crippen molar-refractivity contribution < 1.29 is 0 Å². The van der Waals surface area contributed by atoms with Crippen molar-refractivity contribution in [2.24, 2.45) is 5.92 Å². The zero-order chi connectivity index (χ0) is 19.1. The molecule has 0 atom stereocenters. The van der Waals surface area contributed by atoms with Gasteiger partial charge in [0, 0.05) is 13.1 Å². The summed E-state index contributed by atoms with van der Waals surface area (Å²) in [5.74, 6) is 1.90. The Kier molecular flexibility index (Phi) is 4.74. The molecule has 1 aliphatic rings. The van der Waals surface area contributed by atoms with E-state index in [2.05, 4.69) is 26.8 Å². The topological polar surface area (TPSA) is 66.8 Å². The van der Waals surface area contributed by atoms with Gasteiger partial charge in [-0.25, -0.2) is 4.98 Å². The van der Waals surface area contributed by atoms with Crippen LogP contribution in [0, 0.1) is 17.5 Å². The van der Waals surface area contributed by atoms with Gasteiger partial charge in [0.15, 0.2) is 5.65 Å². The number of H-pyrrole nitrogens is 1. The average molecular weight is 402 g/mol. The minimum atomic E-state index is -0.271. The highest BCUT2D eigenvalue weighted by molar-refractivity contribution is 7.71. The number of benzene rings is 1. The number of anilines is 1. The fourth-order valence-electron chi connectivity index (χ4n) is 3.47. The van der Waals surface area contributed by atoms with Crippen LogP contribution in [0.25, 0.3) is 16.7 Å². The SMILES string of the molecule is Cc1nc2nc(N3CCC(C)CC3)[nH]c(=O)c2c(=S)n1-c1ccccc1Cl. The summed E-state index contributed by atoms with van der Waals surface area (Å²) in [6, 6.07) is 7.35. The molecular weight excluding hydrogens is 382 g/mol. The maximum atomic E-state index is 12.8. The van der Waals surface area contributed by atoms with Crippen molar-refractivity contribution in [3.05, 3.63) is 50.1 Å². The Hall–Kier alpha value is -2.25. The van der Waals surface area contributed by atoms with Crippen LogP contribution in [-0.2, 0) is 0 Å². The monoisotopic (exact) mass is 401 g/mol. The van der Waals surface area contributed by atoms with Crippen molar-refractivity contribution in [2.75, 3.05) is 18.0 Å². The number of fused-ring (bicyclic) bond motifs is 1. The van der Waals surface area contributed by atoms with Gasteiger partial charge in [-0.05, 0) is 37.8 Å². The van der Waals surface area contributed by atoms with Crippen molar-refractivity contribution in [1.29, 1.82) is 0 Å². The molecular formula is C19H20ClN5OS. The average Bonchev–Trinajstić information content (AvgIpc) is 2.63. The molecule has 8 heteroatoms. The highest BCUT2D eigenvalue weighted by atomic mass is 35.5. The zero-order valence-electron chi connectivity index (χ0n) is 15.2. The number of piperidine rings is 1. The van der Waals surface area contributed by atoms with Crippen LogP contribution in [0.3, 0.4) is 0 Å². The van der Waals surface area contributed by atoms with Gasteiger partial charge < -0.3 is 4.90 Å². The van der Waals surface area contributed by atoms with E-state index >= 15 is 0 Å². The normalized spacial score (nSPS) is 15.4. The molecule has 2 aromatic heterocycles. The smallest absolute Gasteiger partial charge is 0.264 e. The first-order valence-electron chi connectivity index (χ1n) is 8.99. The fourth-order valence-corrected chi connectivity index (χ4v) is 4.11. The van der Waals surface area contributed by atoms with Crippen molar-refractivity contribution in [3.8, 4) is 5.69 Å². The van der Waals surface area contributed by atoms with Crippen LogP contribution < -0.4 is 10.5 Å². The fraction of sp³-hybridized carbons (Fsp3) is 0.368. The lowest BCUT2D eigenvalue weighted by Gasteiger charge is -2.30. The quantitative estimate of drug-likeness (QED) is 0.656. The van der Waals surface area contributed by atoms with Crippen LogP contribution in [-0.4, -0.2) is 32.6 Å². The van der Waals surface area contributed by atoms with Crippen LogP contribution in [0.1, 0.15) is 25.6 Å². The number of hydrogen-bond acceptors (Lipinski definition) is 5. The van der Waals surface area contributed by atoms with Gasteiger partial charge in [0.25, 0.3) is 5.56 Å². The first-order chi connectivity index (χ1) is 13.0. The summed E-state index contributed by atoms with van der Waals surface area (Å²) >= 11 is 11.9. The van der Waals surface area contributed by atoms with Gasteiger partial charge in [-0.3, -0.25) is 14.3 Å². The molecule has 1 aromatic carbocycles. The van der Waals surface area contributed by atoms with E-state index in [1.807, 2.05) is 25.1 Å². The molecule has 0 spiro atoms. The Balaban J connectivity index is 1.89. The summed E-state index contributed by atoms with van der Waals surface area (Å²) in [5.41, 5.74) is 0.801. The van der Waals surface area contributed by atoms with Gasteiger partial charge in [0.05, 0.1) is 10.7 Å². The lowest BCUT2D eigenvalue weighted by Crippen LogP contribution is -2.35. The predicted octanol–water partition coefficient (Wildman–Crippen LogP) is 4.04. The summed E-state index contributed by atoms with van der Waals surface area (Å²) in [5, 5.41) is 0.853. The Morgan fingerprint density at radius 3 is 2.63 bits per heavy atom. The molecule has 0 radical (unpaired) electrons. The molecule has 3 aromatic rings. The Bertz CT molecular complexity index is 1130. The molecule has 27 heavy (non-hydrogen) atoms. The highest BCUT2D eigenvalue weighted by Gasteiger charge is 2.20. The van der Waals surface area contributed by atoms with Crippen molar-refractivity contribution >= 4 is 40.8 Å². The minimum absolute atomic E-state index is 0.271. The summed E-state index contributed by atoms with van der Waals surface area (Å²) in [6.07, 6.45) is 2.17. The predicted molar refractivity (Wildman–Crippen MR) is 111 cm³/mol. The molecule has 140 valence electrons. The molecule has 1 fully saturated rings. The van der Waals surface area contributed by atoms with Gasteiger partial charge in [0.1, 0.15) is 15.9 Å². The standard InChI is InChI=1S/C19H20ClN5OS/c1-11-7-9-24(10-8-11)19-22-16-15(17(26)23-19)18(27)25(12(2)21-16)14-6-4-3-5-13(14)20/h3-6,11H,7-10H2,1-2H3,(H,22,23,26). The second kappa shape index (κ2) is 7.05. The van der Waals surface area contributed by atoms with Gasteiger partial charge in [-0.2, -0.15) is 4.98 Å². The second-order valence-corrected chi connectivity index (χ2v) is 7.80. The summed E-state index contributed by atoms with van der Waals surface area (Å²) in [7, 11) is 0. The zero-order valence-corrected chi connectivity index (χ0v) is 16.8. The van der Waals surface area contributed by atoms with E-state index in [1.54, 1.807) is 10.6 Å².